The van der Waals surface area contributed by atoms with Crippen LogP contribution in [0.3, 0.4) is 0 Å². The van der Waals surface area contributed by atoms with E-state index in [0.717, 1.165) is 45.2 Å². The molecule has 3 nitrogen and oxygen atoms in total. The number of benzene rings is 1. The molecule has 0 aliphatic rings. The molecule has 3 heteroatoms. The van der Waals surface area contributed by atoms with Crippen molar-refractivity contribution >= 4 is 5.91 Å². The second-order valence-corrected chi connectivity index (χ2v) is 5.40. The minimum Gasteiger partial charge on any atom is -0.356 e. The number of amides is 1. The van der Waals surface area contributed by atoms with Gasteiger partial charge in [0.25, 0.3) is 0 Å². The van der Waals surface area contributed by atoms with Gasteiger partial charge in [-0.25, -0.2) is 0 Å². The van der Waals surface area contributed by atoms with Gasteiger partial charge in [-0.15, -0.1) is 0 Å². The number of nitrogens with two attached hydrogens (primary N) is 1. The minimum atomic E-state index is 0.179. The lowest BCUT2D eigenvalue weighted by molar-refractivity contribution is -0.121. The Morgan fingerprint density at radius 1 is 1.15 bits per heavy atom. The molecule has 0 heterocycles. The second-order valence-electron chi connectivity index (χ2n) is 5.40. The molecule has 3 N–H and O–H groups in total. The second kappa shape index (κ2) is 10.4. The standard InChI is InChI=1S/C17H28N2O/c1-15(16-9-5-4-6-10-16)12-14-19-17(20)11-7-2-3-8-13-18/h4-6,9-10,15H,2-3,7-8,11-14,18H2,1H3,(H,19,20). The van der Waals surface area contributed by atoms with Crippen LogP contribution in [0.2, 0.25) is 0 Å². The van der Waals surface area contributed by atoms with E-state index in [-0.39, 0.29) is 5.91 Å². The lowest BCUT2D eigenvalue weighted by atomic mass is 9.98. The Kier molecular flexibility index (Phi) is 8.72. The molecule has 1 aromatic rings. The molecule has 0 saturated carbocycles. The molecule has 20 heavy (non-hydrogen) atoms. The Morgan fingerprint density at radius 3 is 2.55 bits per heavy atom. The molecule has 0 spiro atoms. The van der Waals surface area contributed by atoms with Crippen molar-refractivity contribution in [2.75, 3.05) is 13.1 Å². The summed E-state index contributed by atoms with van der Waals surface area (Å²) in [7, 11) is 0. The molecule has 0 aromatic heterocycles. The summed E-state index contributed by atoms with van der Waals surface area (Å²) < 4.78 is 0. The zero-order chi connectivity index (χ0) is 14.6. The van der Waals surface area contributed by atoms with Crippen LogP contribution in [-0.4, -0.2) is 19.0 Å². The smallest absolute Gasteiger partial charge is 0.219 e. The van der Waals surface area contributed by atoms with E-state index < -0.39 is 0 Å². The van der Waals surface area contributed by atoms with Crippen LogP contribution in [0.4, 0.5) is 0 Å². The van der Waals surface area contributed by atoms with Crippen molar-refractivity contribution in [2.24, 2.45) is 5.73 Å². The van der Waals surface area contributed by atoms with Gasteiger partial charge in [0, 0.05) is 13.0 Å². The Balaban J connectivity index is 2.07. The van der Waals surface area contributed by atoms with Crippen LogP contribution in [0.1, 0.15) is 56.9 Å². The van der Waals surface area contributed by atoms with Gasteiger partial charge in [-0.2, -0.15) is 0 Å². The summed E-state index contributed by atoms with van der Waals surface area (Å²) >= 11 is 0. The summed E-state index contributed by atoms with van der Waals surface area (Å²) in [4.78, 5) is 11.7. The van der Waals surface area contributed by atoms with Crippen LogP contribution >= 0.6 is 0 Å². The fourth-order valence-corrected chi connectivity index (χ4v) is 2.25. The number of carbonyl (C=O) groups is 1. The Bertz CT molecular complexity index is 365. The van der Waals surface area contributed by atoms with Crippen molar-refractivity contribution in [3.8, 4) is 0 Å². The molecule has 0 fully saturated rings. The van der Waals surface area contributed by atoms with E-state index in [9.17, 15) is 4.79 Å². The number of rotatable bonds is 10. The van der Waals surface area contributed by atoms with Crippen molar-refractivity contribution in [3.63, 3.8) is 0 Å². The summed E-state index contributed by atoms with van der Waals surface area (Å²) in [6.45, 7) is 3.72. The predicted octanol–water partition coefficient (Wildman–Crippen LogP) is 3.21. The number of hydrogen-bond acceptors (Lipinski definition) is 2. The molecule has 1 atom stereocenters. The first-order chi connectivity index (χ1) is 9.74. The summed E-state index contributed by atoms with van der Waals surface area (Å²) in [5, 5.41) is 3.01. The molecular weight excluding hydrogens is 248 g/mol. The molecule has 1 unspecified atom stereocenters. The van der Waals surface area contributed by atoms with E-state index in [4.69, 9.17) is 5.73 Å². The average Bonchev–Trinajstić information content (AvgIpc) is 2.48. The summed E-state index contributed by atoms with van der Waals surface area (Å²) in [6, 6.07) is 10.4. The van der Waals surface area contributed by atoms with Crippen LogP contribution in [-0.2, 0) is 4.79 Å². The maximum absolute atomic E-state index is 11.7. The zero-order valence-electron chi connectivity index (χ0n) is 12.6. The van der Waals surface area contributed by atoms with E-state index in [1.165, 1.54) is 5.56 Å². The topological polar surface area (TPSA) is 55.1 Å². The van der Waals surface area contributed by atoms with Crippen LogP contribution in [0.5, 0.6) is 0 Å². The SMILES string of the molecule is CC(CCNC(=O)CCCCCCN)c1ccccc1. The maximum Gasteiger partial charge on any atom is 0.219 e. The van der Waals surface area contributed by atoms with Crippen molar-refractivity contribution in [1.29, 1.82) is 0 Å². The third-order valence-electron chi connectivity index (χ3n) is 3.63. The van der Waals surface area contributed by atoms with Gasteiger partial charge in [-0.3, -0.25) is 4.79 Å². The number of hydrogen-bond donors (Lipinski definition) is 2. The number of carbonyl (C=O) groups excluding carboxylic acids is 1. The fourth-order valence-electron chi connectivity index (χ4n) is 2.25. The van der Waals surface area contributed by atoms with Crippen molar-refractivity contribution in [1.82, 2.24) is 5.32 Å². The fraction of sp³-hybridized carbons (Fsp3) is 0.588. The lowest BCUT2D eigenvalue weighted by Gasteiger charge is -2.12. The Morgan fingerprint density at radius 2 is 1.85 bits per heavy atom. The first kappa shape index (κ1) is 16.7. The molecular formula is C17H28N2O. The maximum atomic E-state index is 11.7. The Hall–Kier alpha value is -1.35. The van der Waals surface area contributed by atoms with E-state index in [1.807, 2.05) is 6.07 Å². The van der Waals surface area contributed by atoms with Gasteiger partial charge >= 0.3 is 0 Å². The molecule has 0 aliphatic carbocycles. The number of unbranched alkanes of at least 4 members (excludes halogenated alkanes) is 3. The first-order valence-electron chi connectivity index (χ1n) is 7.75. The van der Waals surface area contributed by atoms with Gasteiger partial charge in [0.1, 0.15) is 0 Å². The van der Waals surface area contributed by atoms with Gasteiger partial charge in [0.05, 0.1) is 0 Å². The predicted molar refractivity (Wildman–Crippen MR) is 84.6 cm³/mol. The molecule has 1 rings (SSSR count). The summed E-state index contributed by atoms with van der Waals surface area (Å²) in [5.41, 5.74) is 6.77. The van der Waals surface area contributed by atoms with Crippen molar-refractivity contribution < 1.29 is 4.79 Å². The summed E-state index contributed by atoms with van der Waals surface area (Å²) in [5.74, 6) is 0.666. The highest BCUT2D eigenvalue weighted by atomic mass is 16.1. The van der Waals surface area contributed by atoms with Crippen LogP contribution in [0.15, 0.2) is 30.3 Å². The van der Waals surface area contributed by atoms with E-state index in [2.05, 4.69) is 36.5 Å². The van der Waals surface area contributed by atoms with E-state index in [0.29, 0.717) is 12.3 Å². The third-order valence-corrected chi connectivity index (χ3v) is 3.63. The lowest BCUT2D eigenvalue weighted by Crippen LogP contribution is -2.25. The van der Waals surface area contributed by atoms with E-state index in [1.54, 1.807) is 0 Å². The highest BCUT2D eigenvalue weighted by Crippen LogP contribution is 2.17. The molecule has 1 amide bonds. The molecule has 0 radical (unpaired) electrons. The molecule has 112 valence electrons. The van der Waals surface area contributed by atoms with Crippen LogP contribution < -0.4 is 11.1 Å². The minimum absolute atomic E-state index is 0.179. The third kappa shape index (κ3) is 7.29. The molecule has 0 aliphatic heterocycles. The highest BCUT2D eigenvalue weighted by molar-refractivity contribution is 5.75. The van der Waals surface area contributed by atoms with Gasteiger partial charge in [0.15, 0.2) is 0 Å². The van der Waals surface area contributed by atoms with Gasteiger partial charge < -0.3 is 11.1 Å². The van der Waals surface area contributed by atoms with Crippen molar-refractivity contribution in [2.45, 2.75) is 51.4 Å². The molecule has 0 saturated heterocycles. The van der Waals surface area contributed by atoms with Gasteiger partial charge in [-0.1, -0.05) is 50.1 Å². The first-order valence-corrected chi connectivity index (χ1v) is 7.75. The molecule has 1 aromatic carbocycles. The van der Waals surface area contributed by atoms with Gasteiger partial charge in [-0.05, 0) is 37.3 Å². The highest BCUT2D eigenvalue weighted by Gasteiger charge is 2.06. The average molecular weight is 276 g/mol. The van der Waals surface area contributed by atoms with Crippen LogP contribution in [0, 0.1) is 0 Å². The van der Waals surface area contributed by atoms with Crippen LogP contribution in [0.25, 0.3) is 0 Å². The Labute approximate surface area is 122 Å². The normalized spacial score (nSPS) is 12.1. The van der Waals surface area contributed by atoms with E-state index >= 15 is 0 Å². The zero-order valence-corrected chi connectivity index (χ0v) is 12.6. The largest absolute Gasteiger partial charge is 0.356 e. The number of nitrogens with one attached hydrogen (secondary N) is 1. The van der Waals surface area contributed by atoms with Crippen molar-refractivity contribution in [3.05, 3.63) is 35.9 Å². The monoisotopic (exact) mass is 276 g/mol. The quantitative estimate of drug-likeness (QED) is 0.645. The molecule has 0 bridgehead atoms. The summed E-state index contributed by atoms with van der Waals surface area (Å²) in [6.07, 6.45) is 5.91. The van der Waals surface area contributed by atoms with Gasteiger partial charge in [0.2, 0.25) is 5.91 Å².